The Bertz CT molecular complexity index is 556. The van der Waals surface area contributed by atoms with Gasteiger partial charge in [-0.3, -0.25) is 4.79 Å². The number of benzene rings is 2. The highest BCUT2D eigenvalue weighted by Crippen LogP contribution is 2.11. The van der Waals surface area contributed by atoms with E-state index in [4.69, 9.17) is 0 Å². The fourth-order valence-corrected chi connectivity index (χ4v) is 2.41. The lowest BCUT2D eigenvalue weighted by atomic mass is 10.1. The SMILES string of the molecule is O=C(NCc1ccc(Br)cc1)C(S)Cc1ccccc1. The van der Waals surface area contributed by atoms with E-state index in [-0.39, 0.29) is 11.2 Å². The number of hydrogen-bond donors (Lipinski definition) is 2. The maximum atomic E-state index is 12.0. The standard InChI is InChI=1S/C16H16BrNOS/c17-14-8-6-13(7-9-14)11-18-16(19)15(20)10-12-4-2-1-3-5-12/h1-9,15,20H,10-11H2,(H,18,19). The first kappa shape index (κ1) is 15.1. The molecule has 0 aliphatic rings. The van der Waals surface area contributed by atoms with Gasteiger partial charge in [-0.1, -0.05) is 58.4 Å². The summed E-state index contributed by atoms with van der Waals surface area (Å²) >= 11 is 7.77. The molecule has 1 atom stereocenters. The third-order valence-electron chi connectivity index (χ3n) is 2.95. The molecule has 0 fully saturated rings. The van der Waals surface area contributed by atoms with Crippen molar-refractivity contribution in [2.24, 2.45) is 0 Å². The van der Waals surface area contributed by atoms with Gasteiger partial charge in [0.25, 0.3) is 0 Å². The van der Waals surface area contributed by atoms with Crippen molar-refractivity contribution in [2.45, 2.75) is 18.2 Å². The highest BCUT2D eigenvalue weighted by Gasteiger charge is 2.13. The second kappa shape index (κ2) is 7.50. The molecule has 0 saturated carbocycles. The van der Waals surface area contributed by atoms with Gasteiger partial charge in [-0.2, -0.15) is 12.6 Å². The predicted molar refractivity (Wildman–Crippen MR) is 88.9 cm³/mol. The number of halogens is 1. The molecule has 4 heteroatoms. The van der Waals surface area contributed by atoms with Gasteiger partial charge in [-0.05, 0) is 29.7 Å². The highest BCUT2D eigenvalue weighted by molar-refractivity contribution is 9.10. The summed E-state index contributed by atoms with van der Waals surface area (Å²) in [6.45, 7) is 0.526. The lowest BCUT2D eigenvalue weighted by Crippen LogP contribution is -2.32. The average Bonchev–Trinajstić information content (AvgIpc) is 2.47. The summed E-state index contributed by atoms with van der Waals surface area (Å²) in [7, 11) is 0. The van der Waals surface area contributed by atoms with Gasteiger partial charge in [-0.25, -0.2) is 0 Å². The molecule has 1 amide bonds. The van der Waals surface area contributed by atoms with E-state index in [2.05, 4.69) is 33.9 Å². The van der Waals surface area contributed by atoms with Crippen molar-refractivity contribution in [2.75, 3.05) is 0 Å². The Morgan fingerprint density at radius 2 is 1.70 bits per heavy atom. The molecule has 0 saturated heterocycles. The minimum Gasteiger partial charge on any atom is -0.351 e. The van der Waals surface area contributed by atoms with E-state index in [1.165, 1.54) is 0 Å². The number of amides is 1. The number of nitrogens with one attached hydrogen (secondary N) is 1. The van der Waals surface area contributed by atoms with Gasteiger partial charge in [0.05, 0.1) is 5.25 Å². The van der Waals surface area contributed by atoms with Crippen LogP contribution in [0.5, 0.6) is 0 Å². The predicted octanol–water partition coefficient (Wildman–Crippen LogP) is 3.61. The van der Waals surface area contributed by atoms with E-state index < -0.39 is 0 Å². The molecule has 0 heterocycles. The van der Waals surface area contributed by atoms with Crippen LogP contribution >= 0.6 is 28.6 Å². The Balaban J connectivity index is 1.83. The van der Waals surface area contributed by atoms with Crippen LogP contribution < -0.4 is 5.32 Å². The summed E-state index contributed by atoms with van der Waals surface area (Å²) in [6.07, 6.45) is 0.635. The van der Waals surface area contributed by atoms with Crippen LogP contribution in [0.3, 0.4) is 0 Å². The van der Waals surface area contributed by atoms with Gasteiger partial charge in [0, 0.05) is 11.0 Å². The molecule has 2 aromatic carbocycles. The van der Waals surface area contributed by atoms with Crippen molar-refractivity contribution in [1.29, 1.82) is 0 Å². The van der Waals surface area contributed by atoms with Crippen LogP contribution in [-0.2, 0) is 17.8 Å². The lowest BCUT2D eigenvalue weighted by molar-refractivity contribution is -0.120. The molecule has 2 rings (SSSR count). The molecule has 0 bridgehead atoms. The lowest BCUT2D eigenvalue weighted by Gasteiger charge is -2.11. The highest BCUT2D eigenvalue weighted by atomic mass is 79.9. The van der Waals surface area contributed by atoms with Crippen LogP contribution in [0.2, 0.25) is 0 Å². The van der Waals surface area contributed by atoms with E-state index in [1.807, 2.05) is 54.6 Å². The minimum absolute atomic E-state index is 0.0416. The summed E-state index contributed by atoms with van der Waals surface area (Å²) in [5, 5.41) is 2.58. The second-order valence-electron chi connectivity index (χ2n) is 4.55. The molecule has 20 heavy (non-hydrogen) atoms. The van der Waals surface area contributed by atoms with Gasteiger partial charge >= 0.3 is 0 Å². The molecule has 104 valence electrons. The molecule has 1 unspecified atom stereocenters. The molecule has 0 aromatic heterocycles. The first-order valence-corrected chi connectivity index (χ1v) is 7.70. The zero-order valence-corrected chi connectivity index (χ0v) is 13.4. The van der Waals surface area contributed by atoms with Crippen LogP contribution in [0, 0.1) is 0 Å². The van der Waals surface area contributed by atoms with E-state index in [1.54, 1.807) is 0 Å². The van der Waals surface area contributed by atoms with Crippen LogP contribution in [0.1, 0.15) is 11.1 Å². The summed E-state index contributed by atoms with van der Waals surface area (Å²) in [5.74, 6) is -0.0416. The average molecular weight is 350 g/mol. The van der Waals surface area contributed by atoms with E-state index in [0.29, 0.717) is 13.0 Å². The summed E-state index contributed by atoms with van der Waals surface area (Å²) in [6, 6.07) is 17.8. The summed E-state index contributed by atoms with van der Waals surface area (Å²) in [4.78, 5) is 12.0. The zero-order chi connectivity index (χ0) is 14.4. The molecule has 1 N–H and O–H groups in total. The number of carbonyl (C=O) groups is 1. The van der Waals surface area contributed by atoms with Crippen LogP contribution in [0.4, 0.5) is 0 Å². The third kappa shape index (κ3) is 4.69. The van der Waals surface area contributed by atoms with Crippen LogP contribution in [0.25, 0.3) is 0 Å². The molecule has 2 nitrogen and oxygen atoms in total. The summed E-state index contributed by atoms with van der Waals surface area (Å²) < 4.78 is 1.03. The minimum atomic E-state index is -0.326. The zero-order valence-electron chi connectivity index (χ0n) is 10.9. The van der Waals surface area contributed by atoms with E-state index in [9.17, 15) is 4.79 Å². The van der Waals surface area contributed by atoms with E-state index in [0.717, 1.165) is 15.6 Å². The molecule has 0 spiro atoms. The molecule has 0 aliphatic carbocycles. The maximum absolute atomic E-state index is 12.0. The van der Waals surface area contributed by atoms with Crippen molar-refractivity contribution in [3.8, 4) is 0 Å². The quantitative estimate of drug-likeness (QED) is 0.793. The van der Waals surface area contributed by atoms with Gasteiger partial charge in [0.15, 0.2) is 0 Å². The Hall–Kier alpha value is -1.26. The third-order valence-corrected chi connectivity index (χ3v) is 3.90. The fourth-order valence-electron chi connectivity index (χ4n) is 1.84. The smallest absolute Gasteiger partial charge is 0.233 e. The summed E-state index contributed by atoms with van der Waals surface area (Å²) in [5.41, 5.74) is 2.19. The Morgan fingerprint density at radius 1 is 1.05 bits per heavy atom. The molecular formula is C16H16BrNOS. The normalized spacial score (nSPS) is 11.9. The van der Waals surface area contributed by atoms with E-state index >= 15 is 0 Å². The Kier molecular flexibility index (Phi) is 5.68. The van der Waals surface area contributed by atoms with Gasteiger partial charge < -0.3 is 5.32 Å². The molecule has 2 aromatic rings. The van der Waals surface area contributed by atoms with Crippen molar-refractivity contribution in [1.82, 2.24) is 5.32 Å². The number of carbonyl (C=O) groups excluding carboxylic acids is 1. The number of hydrogen-bond acceptors (Lipinski definition) is 2. The first-order valence-electron chi connectivity index (χ1n) is 6.39. The van der Waals surface area contributed by atoms with Crippen molar-refractivity contribution < 1.29 is 4.79 Å². The van der Waals surface area contributed by atoms with Crippen molar-refractivity contribution in [3.63, 3.8) is 0 Å². The van der Waals surface area contributed by atoms with Crippen molar-refractivity contribution in [3.05, 3.63) is 70.2 Å². The van der Waals surface area contributed by atoms with Crippen LogP contribution in [-0.4, -0.2) is 11.2 Å². The molecular weight excluding hydrogens is 334 g/mol. The Labute approximate surface area is 133 Å². The molecule has 0 radical (unpaired) electrons. The fraction of sp³-hybridized carbons (Fsp3) is 0.188. The molecule has 0 aliphatic heterocycles. The van der Waals surface area contributed by atoms with Gasteiger partial charge in [-0.15, -0.1) is 0 Å². The van der Waals surface area contributed by atoms with Crippen molar-refractivity contribution >= 4 is 34.5 Å². The van der Waals surface area contributed by atoms with Gasteiger partial charge in [0.1, 0.15) is 0 Å². The largest absolute Gasteiger partial charge is 0.351 e. The second-order valence-corrected chi connectivity index (χ2v) is 6.09. The monoisotopic (exact) mass is 349 g/mol. The number of rotatable bonds is 5. The Morgan fingerprint density at radius 3 is 2.35 bits per heavy atom. The van der Waals surface area contributed by atoms with Gasteiger partial charge in [0.2, 0.25) is 5.91 Å². The number of thiol groups is 1. The topological polar surface area (TPSA) is 29.1 Å². The van der Waals surface area contributed by atoms with Crippen LogP contribution in [0.15, 0.2) is 59.1 Å². The maximum Gasteiger partial charge on any atom is 0.233 e. The first-order chi connectivity index (χ1) is 9.65.